The van der Waals surface area contributed by atoms with Crippen LogP contribution in [0.25, 0.3) is 0 Å². The molecule has 0 aromatic heterocycles. The van der Waals surface area contributed by atoms with Crippen molar-refractivity contribution in [3.63, 3.8) is 0 Å². The maximum atomic E-state index is 11.5. The summed E-state index contributed by atoms with van der Waals surface area (Å²) >= 11 is 0. The van der Waals surface area contributed by atoms with Crippen molar-refractivity contribution in [1.82, 2.24) is 0 Å². The predicted octanol–water partition coefficient (Wildman–Crippen LogP) is 1.28. The summed E-state index contributed by atoms with van der Waals surface area (Å²) < 4.78 is 39.0. The van der Waals surface area contributed by atoms with Crippen LogP contribution in [-0.4, -0.2) is 24.7 Å². The average Bonchev–Trinajstić information content (AvgIpc) is 1.80. The first-order valence-electron chi connectivity index (χ1n) is 3.32. The summed E-state index contributed by atoms with van der Waals surface area (Å²) in [6.45, 7) is 0.147. The van der Waals surface area contributed by atoms with E-state index in [9.17, 15) is 13.2 Å². The third kappa shape index (κ3) is 7.33. The van der Waals surface area contributed by atoms with Gasteiger partial charge in [0.2, 0.25) is 0 Å². The molecule has 1 atom stereocenters. The molecule has 0 aliphatic rings. The Morgan fingerprint density at radius 1 is 1.58 bits per heavy atom. The van der Waals surface area contributed by atoms with Crippen LogP contribution in [0.4, 0.5) is 13.2 Å². The summed E-state index contributed by atoms with van der Waals surface area (Å²) in [7, 11) is 0. The van der Waals surface area contributed by atoms with E-state index in [2.05, 4.69) is 4.74 Å². The summed E-state index contributed by atoms with van der Waals surface area (Å²) in [6, 6.07) is 0. The van der Waals surface area contributed by atoms with E-state index >= 15 is 0 Å². The van der Waals surface area contributed by atoms with Crippen LogP contribution in [0.3, 0.4) is 0 Å². The van der Waals surface area contributed by atoms with Crippen LogP contribution in [0.5, 0.6) is 0 Å². The number of alkyl halides is 3. The van der Waals surface area contributed by atoms with E-state index in [4.69, 9.17) is 11.1 Å². The Balaban J connectivity index is 3.57. The Hall–Kier alpha value is -0.780. The maximum Gasteiger partial charge on any atom is 0.411 e. The minimum absolute atomic E-state index is 0.0239. The Morgan fingerprint density at radius 3 is 2.42 bits per heavy atom. The van der Waals surface area contributed by atoms with E-state index in [0.29, 0.717) is 0 Å². The van der Waals surface area contributed by atoms with Gasteiger partial charge < -0.3 is 10.5 Å². The van der Waals surface area contributed by atoms with E-state index < -0.39 is 18.9 Å². The van der Waals surface area contributed by atoms with Crippen molar-refractivity contribution in [1.29, 1.82) is 5.41 Å². The van der Waals surface area contributed by atoms with Crippen LogP contribution in [-0.2, 0) is 4.74 Å². The summed E-state index contributed by atoms with van der Waals surface area (Å²) in [4.78, 5) is 0. The summed E-state index contributed by atoms with van der Waals surface area (Å²) in [5, 5.41) is 6.78. The maximum absolute atomic E-state index is 11.5. The molecule has 0 spiro atoms. The molecule has 0 saturated heterocycles. The molecule has 1 unspecified atom stereocenters. The smallest absolute Gasteiger partial charge is 0.388 e. The summed E-state index contributed by atoms with van der Waals surface area (Å²) in [5.41, 5.74) is 4.95. The van der Waals surface area contributed by atoms with Gasteiger partial charge in [-0.05, 0) is 6.92 Å². The number of nitrogens with one attached hydrogen (secondary N) is 1. The molecule has 3 nitrogen and oxygen atoms in total. The van der Waals surface area contributed by atoms with Crippen LogP contribution in [0, 0.1) is 5.41 Å². The molecule has 6 heteroatoms. The van der Waals surface area contributed by atoms with Crippen molar-refractivity contribution in [3.8, 4) is 0 Å². The lowest BCUT2D eigenvalue weighted by atomic mass is 10.3. The zero-order valence-corrected chi connectivity index (χ0v) is 6.61. The lowest BCUT2D eigenvalue weighted by molar-refractivity contribution is -0.182. The molecule has 0 aliphatic heterocycles. The molecular weight excluding hydrogens is 173 g/mol. The molecule has 12 heavy (non-hydrogen) atoms. The largest absolute Gasteiger partial charge is 0.411 e. The van der Waals surface area contributed by atoms with Gasteiger partial charge in [-0.25, -0.2) is 0 Å². The molecule has 72 valence electrons. The minimum Gasteiger partial charge on any atom is -0.388 e. The predicted molar refractivity (Wildman–Crippen MR) is 38.0 cm³/mol. The highest BCUT2D eigenvalue weighted by Crippen LogP contribution is 2.15. The van der Waals surface area contributed by atoms with Gasteiger partial charge in [0.25, 0.3) is 0 Å². The lowest BCUT2D eigenvalue weighted by Gasteiger charge is -2.13. The molecule has 0 bridgehead atoms. The molecule has 0 heterocycles. The second-order valence-corrected chi connectivity index (χ2v) is 2.47. The zero-order valence-electron chi connectivity index (χ0n) is 6.61. The number of ether oxygens (including phenoxy) is 1. The van der Waals surface area contributed by atoms with Gasteiger partial charge in [-0.3, -0.25) is 5.41 Å². The average molecular weight is 184 g/mol. The van der Waals surface area contributed by atoms with Crippen molar-refractivity contribution in [2.45, 2.75) is 25.6 Å². The van der Waals surface area contributed by atoms with Gasteiger partial charge in [0, 0.05) is 6.42 Å². The summed E-state index contributed by atoms with van der Waals surface area (Å²) in [6.07, 6.45) is -4.95. The molecule has 0 aliphatic carbocycles. The highest BCUT2D eigenvalue weighted by atomic mass is 19.4. The SMILES string of the molecule is CC(CC(=N)N)OCC(F)(F)F. The lowest BCUT2D eigenvalue weighted by Crippen LogP contribution is -2.25. The highest BCUT2D eigenvalue weighted by molar-refractivity contribution is 5.77. The molecule has 0 saturated carbocycles. The van der Waals surface area contributed by atoms with Crippen molar-refractivity contribution in [2.75, 3.05) is 6.61 Å². The Labute approximate surface area is 68.2 Å². The molecule has 3 N–H and O–H groups in total. The molecular formula is C6H11F3N2O. The van der Waals surface area contributed by atoms with E-state index in [1.807, 2.05) is 0 Å². The normalized spacial score (nSPS) is 14.3. The van der Waals surface area contributed by atoms with Crippen LogP contribution in [0.1, 0.15) is 13.3 Å². The molecule has 0 amide bonds. The first-order valence-corrected chi connectivity index (χ1v) is 3.32. The highest BCUT2D eigenvalue weighted by Gasteiger charge is 2.28. The van der Waals surface area contributed by atoms with Crippen LogP contribution in [0.2, 0.25) is 0 Å². The van der Waals surface area contributed by atoms with E-state index in [1.165, 1.54) is 6.92 Å². The van der Waals surface area contributed by atoms with Gasteiger partial charge in [-0.1, -0.05) is 0 Å². The topological polar surface area (TPSA) is 59.1 Å². The van der Waals surface area contributed by atoms with Gasteiger partial charge in [0.1, 0.15) is 6.61 Å². The quantitative estimate of drug-likeness (QED) is 0.510. The van der Waals surface area contributed by atoms with Gasteiger partial charge in [-0.2, -0.15) is 13.2 Å². The Morgan fingerprint density at radius 2 is 2.08 bits per heavy atom. The fourth-order valence-electron chi connectivity index (χ4n) is 0.605. The number of hydrogen-bond acceptors (Lipinski definition) is 2. The Bertz CT molecular complexity index is 157. The van der Waals surface area contributed by atoms with Gasteiger partial charge in [-0.15, -0.1) is 0 Å². The minimum atomic E-state index is -4.31. The molecule has 0 radical (unpaired) electrons. The second kappa shape index (κ2) is 4.30. The first kappa shape index (κ1) is 11.2. The Kier molecular flexibility index (Phi) is 4.02. The third-order valence-electron chi connectivity index (χ3n) is 1.04. The zero-order chi connectivity index (χ0) is 9.78. The number of nitrogens with two attached hydrogens (primary N) is 1. The monoisotopic (exact) mass is 184 g/mol. The second-order valence-electron chi connectivity index (χ2n) is 2.47. The number of hydrogen-bond donors (Lipinski definition) is 2. The van der Waals surface area contributed by atoms with Crippen molar-refractivity contribution in [2.24, 2.45) is 5.73 Å². The first-order chi connectivity index (χ1) is 5.31. The van der Waals surface area contributed by atoms with Crippen LogP contribution < -0.4 is 5.73 Å². The van der Waals surface area contributed by atoms with E-state index in [-0.39, 0.29) is 12.3 Å². The number of amidine groups is 1. The number of rotatable bonds is 4. The van der Waals surface area contributed by atoms with Crippen LogP contribution >= 0.6 is 0 Å². The summed E-state index contributed by atoms with van der Waals surface area (Å²) in [5.74, 6) is -0.176. The molecule has 0 fully saturated rings. The molecule has 0 aromatic carbocycles. The van der Waals surface area contributed by atoms with Crippen molar-refractivity contribution in [3.05, 3.63) is 0 Å². The van der Waals surface area contributed by atoms with Crippen molar-refractivity contribution >= 4 is 5.84 Å². The van der Waals surface area contributed by atoms with E-state index in [1.54, 1.807) is 0 Å². The van der Waals surface area contributed by atoms with Gasteiger partial charge >= 0.3 is 6.18 Å². The molecule has 0 aromatic rings. The van der Waals surface area contributed by atoms with Gasteiger partial charge in [0.05, 0.1) is 11.9 Å². The van der Waals surface area contributed by atoms with Crippen molar-refractivity contribution < 1.29 is 17.9 Å². The molecule has 0 rings (SSSR count). The van der Waals surface area contributed by atoms with Crippen LogP contribution in [0.15, 0.2) is 0 Å². The third-order valence-corrected chi connectivity index (χ3v) is 1.04. The fourth-order valence-corrected chi connectivity index (χ4v) is 0.605. The number of halogens is 3. The van der Waals surface area contributed by atoms with Gasteiger partial charge in [0.15, 0.2) is 0 Å². The fraction of sp³-hybridized carbons (Fsp3) is 0.833. The standard InChI is InChI=1S/C6H11F3N2O/c1-4(2-5(10)11)12-3-6(7,8)9/h4H,2-3H2,1H3,(H3,10,11). The van der Waals surface area contributed by atoms with E-state index in [0.717, 1.165) is 0 Å².